The summed E-state index contributed by atoms with van der Waals surface area (Å²) >= 11 is 6.34. The Kier molecular flexibility index (Phi) is 6.59. The zero-order chi connectivity index (χ0) is 20.9. The molecule has 0 aliphatic carbocycles. The van der Waals surface area contributed by atoms with Gasteiger partial charge in [-0.15, -0.1) is 0 Å². The van der Waals surface area contributed by atoms with Crippen molar-refractivity contribution >= 4 is 17.6 Å². The lowest BCUT2D eigenvalue weighted by atomic mass is 10.1. The van der Waals surface area contributed by atoms with Crippen LogP contribution in [-0.2, 0) is 30.9 Å². The highest BCUT2D eigenvalue weighted by Crippen LogP contribution is 2.38. The van der Waals surface area contributed by atoms with Crippen LogP contribution >= 0.6 is 11.6 Å². The number of benzene rings is 1. The molecule has 9 nitrogen and oxygen atoms in total. The number of aliphatic imine (C=N–C) groups is 1. The highest BCUT2D eigenvalue weighted by molar-refractivity contribution is 6.32. The summed E-state index contributed by atoms with van der Waals surface area (Å²) in [7, 11) is 1.65. The van der Waals surface area contributed by atoms with Crippen LogP contribution in [0.25, 0.3) is 0 Å². The quantitative estimate of drug-likeness (QED) is 0.529. The number of ether oxygens (including phenoxy) is 3. The third-order valence-electron chi connectivity index (χ3n) is 4.94. The summed E-state index contributed by atoms with van der Waals surface area (Å²) in [6, 6.07) is 4.03. The van der Waals surface area contributed by atoms with Crippen LogP contribution in [0.1, 0.15) is 30.6 Å². The van der Waals surface area contributed by atoms with Gasteiger partial charge >= 0.3 is 0 Å². The maximum absolute atomic E-state index is 6.34. The van der Waals surface area contributed by atoms with E-state index in [1.54, 1.807) is 7.11 Å². The van der Waals surface area contributed by atoms with Crippen molar-refractivity contribution in [1.29, 1.82) is 0 Å². The second-order valence-electron chi connectivity index (χ2n) is 7.24. The number of nitrogens with zero attached hydrogens (tertiary/aromatic N) is 4. The molecule has 162 valence electrons. The Morgan fingerprint density at radius 2 is 2.23 bits per heavy atom. The molecule has 0 fully saturated rings. The van der Waals surface area contributed by atoms with E-state index in [-0.39, 0.29) is 6.04 Å². The van der Waals surface area contributed by atoms with Crippen LogP contribution in [0.5, 0.6) is 11.5 Å². The molecule has 1 aromatic heterocycles. The van der Waals surface area contributed by atoms with Crippen molar-refractivity contribution < 1.29 is 14.2 Å². The first-order chi connectivity index (χ1) is 14.7. The second kappa shape index (κ2) is 9.53. The number of aromatic nitrogens is 3. The standard InChI is InChI=1S/C20H27ClN6O3/c1-3-22-20(23-10-13-8-15(21)19-16(9-13)29-6-7-30-19)24-14-4-5-18-25-17(12-28-2)26-27(18)11-14/h8-9,14H,3-7,10-12H2,1-2H3,(H2,22,23,24). The third-order valence-corrected chi connectivity index (χ3v) is 5.22. The Labute approximate surface area is 180 Å². The van der Waals surface area contributed by atoms with Crippen LogP contribution in [0.4, 0.5) is 0 Å². The molecule has 0 spiro atoms. The number of hydrogen-bond acceptors (Lipinski definition) is 6. The topological polar surface area (TPSA) is 94.8 Å². The molecule has 0 radical (unpaired) electrons. The molecule has 2 aliphatic heterocycles. The maximum Gasteiger partial charge on any atom is 0.191 e. The van der Waals surface area contributed by atoms with E-state index in [1.165, 1.54) is 0 Å². The van der Waals surface area contributed by atoms with Gasteiger partial charge in [0.2, 0.25) is 0 Å². The van der Waals surface area contributed by atoms with Crippen LogP contribution in [0, 0.1) is 0 Å². The largest absolute Gasteiger partial charge is 0.486 e. The van der Waals surface area contributed by atoms with Crippen LogP contribution in [0.15, 0.2) is 17.1 Å². The third kappa shape index (κ3) is 4.79. The average molecular weight is 435 g/mol. The van der Waals surface area contributed by atoms with E-state index in [1.807, 2.05) is 23.7 Å². The van der Waals surface area contributed by atoms with Crippen molar-refractivity contribution in [1.82, 2.24) is 25.4 Å². The fourth-order valence-corrected chi connectivity index (χ4v) is 3.90. The van der Waals surface area contributed by atoms with Gasteiger partial charge in [0.15, 0.2) is 23.3 Å². The first-order valence-electron chi connectivity index (χ1n) is 10.2. The lowest BCUT2D eigenvalue weighted by molar-refractivity contribution is 0.171. The lowest BCUT2D eigenvalue weighted by Gasteiger charge is -2.25. The van der Waals surface area contributed by atoms with E-state index in [0.717, 1.165) is 49.1 Å². The van der Waals surface area contributed by atoms with Gasteiger partial charge in [-0.25, -0.2) is 14.7 Å². The molecule has 2 N–H and O–H groups in total. The fraction of sp³-hybridized carbons (Fsp3) is 0.550. The first-order valence-corrected chi connectivity index (χ1v) is 10.6. The number of nitrogens with one attached hydrogen (secondary N) is 2. The number of guanidine groups is 1. The van der Waals surface area contributed by atoms with Gasteiger partial charge in [-0.05, 0) is 31.0 Å². The van der Waals surface area contributed by atoms with Crippen LogP contribution in [-0.4, -0.2) is 53.6 Å². The Bertz CT molecular complexity index is 916. The van der Waals surface area contributed by atoms with Gasteiger partial charge in [0.05, 0.1) is 18.1 Å². The van der Waals surface area contributed by atoms with Crippen LogP contribution < -0.4 is 20.1 Å². The predicted molar refractivity (Wildman–Crippen MR) is 113 cm³/mol. The van der Waals surface area contributed by atoms with Gasteiger partial charge in [-0.1, -0.05) is 11.6 Å². The molecule has 2 aromatic rings. The average Bonchev–Trinajstić information content (AvgIpc) is 3.14. The van der Waals surface area contributed by atoms with E-state index in [2.05, 4.69) is 20.7 Å². The van der Waals surface area contributed by atoms with E-state index < -0.39 is 0 Å². The zero-order valence-corrected chi connectivity index (χ0v) is 18.0. The molecule has 30 heavy (non-hydrogen) atoms. The van der Waals surface area contributed by atoms with E-state index in [0.29, 0.717) is 42.9 Å². The molecule has 3 heterocycles. The molecule has 1 unspecified atom stereocenters. The summed E-state index contributed by atoms with van der Waals surface area (Å²) in [6.07, 6.45) is 1.83. The van der Waals surface area contributed by atoms with Gasteiger partial charge in [0.25, 0.3) is 0 Å². The molecule has 0 saturated carbocycles. The summed E-state index contributed by atoms with van der Waals surface area (Å²) in [5.41, 5.74) is 0.966. The van der Waals surface area contributed by atoms with Gasteiger partial charge in [0, 0.05) is 26.1 Å². The minimum Gasteiger partial charge on any atom is -0.486 e. The number of rotatable bonds is 6. The minimum absolute atomic E-state index is 0.219. The Hall–Kier alpha value is -2.52. The SMILES string of the molecule is CCNC(=NCc1cc(Cl)c2c(c1)OCCO2)NC1CCc2nc(COC)nn2C1. The summed E-state index contributed by atoms with van der Waals surface area (Å²) in [4.78, 5) is 9.26. The van der Waals surface area contributed by atoms with Crippen LogP contribution in [0.2, 0.25) is 5.02 Å². The molecule has 0 bridgehead atoms. The maximum atomic E-state index is 6.34. The summed E-state index contributed by atoms with van der Waals surface area (Å²) in [5, 5.41) is 11.9. The van der Waals surface area contributed by atoms with Crippen LogP contribution in [0.3, 0.4) is 0 Å². The molecule has 4 rings (SSSR count). The highest BCUT2D eigenvalue weighted by atomic mass is 35.5. The Morgan fingerprint density at radius 3 is 3.07 bits per heavy atom. The van der Waals surface area contributed by atoms with Crippen molar-refractivity contribution in [2.75, 3.05) is 26.9 Å². The molecule has 10 heteroatoms. The molecule has 0 amide bonds. The van der Waals surface area contributed by atoms with E-state index >= 15 is 0 Å². The molecule has 1 aromatic carbocycles. The molecular weight excluding hydrogens is 408 g/mol. The van der Waals surface area contributed by atoms with Gasteiger partial charge < -0.3 is 24.8 Å². The van der Waals surface area contributed by atoms with Crippen molar-refractivity contribution in [3.8, 4) is 11.5 Å². The molecule has 1 atom stereocenters. The van der Waals surface area contributed by atoms with Crippen molar-refractivity contribution in [2.45, 2.75) is 45.5 Å². The normalized spacial score (nSPS) is 18.1. The monoisotopic (exact) mass is 434 g/mol. The van der Waals surface area contributed by atoms with Gasteiger partial charge in [-0.3, -0.25) is 0 Å². The molecular formula is C20H27ClN6O3. The van der Waals surface area contributed by atoms with Crippen molar-refractivity contribution in [2.24, 2.45) is 4.99 Å². The fourth-order valence-electron chi connectivity index (χ4n) is 3.61. The summed E-state index contributed by atoms with van der Waals surface area (Å²) < 4.78 is 18.3. The number of fused-ring (bicyclic) bond motifs is 2. The summed E-state index contributed by atoms with van der Waals surface area (Å²) in [5.74, 6) is 3.78. The highest BCUT2D eigenvalue weighted by Gasteiger charge is 2.22. The van der Waals surface area contributed by atoms with Crippen molar-refractivity contribution in [3.05, 3.63) is 34.4 Å². The number of aryl methyl sites for hydroxylation is 1. The zero-order valence-electron chi connectivity index (χ0n) is 17.3. The smallest absolute Gasteiger partial charge is 0.191 e. The minimum atomic E-state index is 0.219. The Morgan fingerprint density at radius 1 is 1.37 bits per heavy atom. The second-order valence-corrected chi connectivity index (χ2v) is 7.64. The number of hydrogen-bond donors (Lipinski definition) is 2. The molecule has 2 aliphatic rings. The van der Waals surface area contributed by atoms with Crippen molar-refractivity contribution in [3.63, 3.8) is 0 Å². The lowest BCUT2D eigenvalue weighted by Crippen LogP contribution is -2.47. The molecule has 0 saturated heterocycles. The predicted octanol–water partition coefficient (Wildman–Crippen LogP) is 1.92. The summed E-state index contributed by atoms with van der Waals surface area (Å²) in [6.45, 7) is 5.51. The number of methoxy groups -OCH3 is 1. The van der Waals surface area contributed by atoms with Gasteiger partial charge in [-0.2, -0.15) is 5.10 Å². The van der Waals surface area contributed by atoms with E-state index in [9.17, 15) is 0 Å². The Balaban J connectivity index is 1.42. The number of halogens is 1. The van der Waals surface area contributed by atoms with Gasteiger partial charge in [0.1, 0.15) is 25.6 Å². The van der Waals surface area contributed by atoms with E-state index in [4.69, 9.17) is 30.8 Å². The first kappa shape index (κ1) is 20.7.